The van der Waals surface area contributed by atoms with Crippen molar-refractivity contribution in [3.63, 3.8) is 0 Å². The van der Waals surface area contributed by atoms with Crippen LogP contribution in [0, 0.1) is 5.92 Å². The summed E-state index contributed by atoms with van der Waals surface area (Å²) in [6.07, 6.45) is 5.38. The minimum atomic E-state index is -3.71. The second kappa shape index (κ2) is 9.30. The van der Waals surface area contributed by atoms with E-state index in [1.807, 2.05) is 11.0 Å². The molecule has 0 radical (unpaired) electrons. The van der Waals surface area contributed by atoms with Crippen LogP contribution in [0.15, 0.2) is 53.4 Å². The molecule has 1 N–H and O–H groups in total. The summed E-state index contributed by atoms with van der Waals surface area (Å²) in [5.41, 5.74) is 1.91. The number of carbonyl (C=O) groups excluding carboxylic acids is 1. The van der Waals surface area contributed by atoms with Crippen LogP contribution in [-0.2, 0) is 10.0 Å². The first-order valence-electron chi connectivity index (χ1n) is 11.2. The lowest BCUT2D eigenvalue weighted by atomic mass is 9.97. The summed E-state index contributed by atoms with van der Waals surface area (Å²) in [5.74, 6) is 0.684. The van der Waals surface area contributed by atoms with Gasteiger partial charge in [-0.25, -0.2) is 8.42 Å². The summed E-state index contributed by atoms with van der Waals surface area (Å²) in [6, 6.07) is 13.7. The Morgan fingerprint density at radius 3 is 2.29 bits per heavy atom. The molecule has 0 spiro atoms. The number of sulfonamides is 1. The van der Waals surface area contributed by atoms with Crippen LogP contribution in [-0.4, -0.2) is 45.4 Å². The smallest absolute Gasteiger partial charge is 0.261 e. The highest BCUT2D eigenvalue weighted by Gasteiger charge is 2.26. The lowest BCUT2D eigenvalue weighted by molar-refractivity contribution is 0.0725. The lowest BCUT2D eigenvalue weighted by Gasteiger charge is -2.35. The van der Waals surface area contributed by atoms with Crippen LogP contribution in [0.4, 0.5) is 11.4 Å². The zero-order valence-electron chi connectivity index (χ0n) is 18.1. The molecule has 166 valence electrons. The summed E-state index contributed by atoms with van der Waals surface area (Å²) < 4.78 is 28.2. The minimum Gasteiger partial charge on any atom is -0.371 e. The van der Waals surface area contributed by atoms with Crippen molar-refractivity contribution in [3.8, 4) is 0 Å². The molecule has 2 aromatic rings. The van der Waals surface area contributed by atoms with E-state index in [2.05, 4.69) is 16.5 Å². The van der Waals surface area contributed by atoms with Crippen molar-refractivity contribution in [2.75, 3.05) is 35.8 Å². The maximum Gasteiger partial charge on any atom is 0.261 e. The van der Waals surface area contributed by atoms with E-state index < -0.39 is 10.0 Å². The fourth-order valence-electron chi connectivity index (χ4n) is 4.38. The number of benzene rings is 2. The van der Waals surface area contributed by atoms with Crippen molar-refractivity contribution < 1.29 is 13.2 Å². The zero-order valence-corrected chi connectivity index (χ0v) is 18.9. The van der Waals surface area contributed by atoms with E-state index in [0.717, 1.165) is 64.0 Å². The number of nitrogens with one attached hydrogen (secondary N) is 1. The van der Waals surface area contributed by atoms with Gasteiger partial charge in [0, 0.05) is 37.6 Å². The van der Waals surface area contributed by atoms with Crippen LogP contribution in [0.3, 0.4) is 0 Å². The molecule has 0 saturated carbocycles. The van der Waals surface area contributed by atoms with E-state index in [9.17, 15) is 13.2 Å². The van der Waals surface area contributed by atoms with Gasteiger partial charge in [0.15, 0.2) is 0 Å². The first-order chi connectivity index (χ1) is 14.9. The third-order valence-electron chi connectivity index (χ3n) is 6.30. The maximum atomic E-state index is 13.4. The second-order valence-corrected chi connectivity index (χ2v) is 10.4. The molecule has 2 heterocycles. The average molecular weight is 442 g/mol. The van der Waals surface area contributed by atoms with Crippen molar-refractivity contribution >= 4 is 27.3 Å². The molecule has 4 rings (SSSR count). The third-order valence-corrected chi connectivity index (χ3v) is 7.70. The topological polar surface area (TPSA) is 69.7 Å². The van der Waals surface area contributed by atoms with Gasteiger partial charge in [-0.15, -0.1) is 0 Å². The predicted molar refractivity (Wildman–Crippen MR) is 124 cm³/mol. The molecule has 2 aromatic carbocycles. The third kappa shape index (κ3) is 5.03. The number of hydrogen-bond acceptors (Lipinski definition) is 4. The van der Waals surface area contributed by atoms with Crippen molar-refractivity contribution in [2.45, 2.75) is 43.9 Å². The molecule has 0 aromatic heterocycles. The van der Waals surface area contributed by atoms with Crippen molar-refractivity contribution in [3.05, 3.63) is 54.1 Å². The number of piperidine rings is 2. The fourth-order valence-corrected chi connectivity index (χ4v) is 5.45. The Kier molecular flexibility index (Phi) is 6.51. The van der Waals surface area contributed by atoms with Gasteiger partial charge in [0.05, 0.1) is 10.5 Å². The van der Waals surface area contributed by atoms with Gasteiger partial charge in [-0.1, -0.05) is 25.1 Å². The number of amides is 1. The quantitative estimate of drug-likeness (QED) is 0.749. The molecule has 2 aliphatic heterocycles. The van der Waals surface area contributed by atoms with E-state index in [4.69, 9.17) is 0 Å². The maximum absolute atomic E-state index is 13.4. The van der Waals surface area contributed by atoms with Crippen molar-refractivity contribution in [1.82, 2.24) is 4.90 Å². The first kappa shape index (κ1) is 21.7. The summed E-state index contributed by atoms with van der Waals surface area (Å²) in [4.78, 5) is 17.8. The predicted octanol–water partition coefficient (Wildman–Crippen LogP) is 4.35. The average Bonchev–Trinajstić information content (AvgIpc) is 2.80. The normalized spacial score (nSPS) is 18.1. The SMILES string of the molecule is CC1CCN(c2ccc(NS(=O)(=O)c3ccccc3)cc2C(=O)N2CCCCC2)CC1. The van der Waals surface area contributed by atoms with E-state index in [-0.39, 0.29) is 10.8 Å². The van der Waals surface area contributed by atoms with Gasteiger partial charge in [-0.3, -0.25) is 9.52 Å². The minimum absolute atomic E-state index is 0.00548. The van der Waals surface area contributed by atoms with Crippen LogP contribution in [0.5, 0.6) is 0 Å². The molecule has 0 aliphatic carbocycles. The van der Waals surface area contributed by atoms with E-state index in [1.54, 1.807) is 42.5 Å². The number of likely N-dealkylation sites (tertiary alicyclic amines) is 1. The monoisotopic (exact) mass is 441 g/mol. The van der Waals surface area contributed by atoms with Crippen LogP contribution in [0.1, 0.15) is 49.4 Å². The molecule has 0 unspecified atom stereocenters. The number of nitrogens with zero attached hydrogens (tertiary/aromatic N) is 2. The molecular weight excluding hydrogens is 410 g/mol. The van der Waals surface area contributed by atoms with Gasteiger partial charge in [0.25, 0.3) is 15.9 Å². The molecule has 1 amide bonds. The van der Waals surface area contributed by atoms with Crippen molar-refractivity contribution in [1.29, 1.82) is 0 Å². The molecule has 2 saturated heterocycles. The van der Waals surface area contributed by atoms with Gasteiger partial charge in [0.2, 0.25) is 0 Å². The van der Waals surface area contributed by atoms with Gasteiger partial charge >= 0.3 is 0 Å². The molecule has 31 heavy (non-hydrogen) atoms. The van der Waals surface area contributed by atoms with Gasteiger partial charge in [-0.05, 0) is 68.4 Å². The molecular formula is C24H31N3O3S. The number of carbonyl (C=O) groups is 1. The summed E-state index contributed by atoms with van der Waals surface area (Å²) in [7, 11) is -3.71. The fraction of sp³-hybridized carbons (Fsp3) is 0.458. The van der Waals surface area contributed by atoms with E-state index >= 15 is 0 Å². The van der Waals surface area contributed by atoms with Gasteiger partial charge < -0.3 is 9.80 Å². The molecule has 7 heteroatoms. The molecule has 0 atom stereocenters. The highest BCUT2D eigenvalue weighted by molar-refractivity contribution is 7.92. The first-order valence-corrected chi connectivity index (χ1v) is 12.7. The highest BCUT2D eigenvalue weighted by Crippen LogP contribution is 2.31. The number of rotatable bonds is 5. The molecule has 0 bridgehead atoms. The standard InChI is InChI=1S/C24H31N3O3S/c1-19-12-16-26(17-13-19)23-11-10-20(25-31(29,30)21-8-4-2-5-9-21)18-22(23)24(28)27-14-6-3-7-15-27/h2,4-5,8-11,18-19,25H,3,6-7,12-17H2,1H3. The Labute approximate surface area is 185 Å². The van der Waals surface area contributed by atoms with Crippen LogP contribution in [0.2, 0.25) is 0 Å². The second-order valence-electron chi connectivity index (χ2n) is 8.67. The lowest BCUT2D eigenvalue weighted by Crippen LogP contribution is -2.38. The molecule has 2 fully saturated rings. The Hall–Kier alpha value is -2.54. The van der Waals surface area contributed by atoms with E-state index in [0.29, 0.717) is 17.2 Å². The Balaban J connectivity index is 1.66. The van der Waals surface area contributed by atoms with Crippen LogP contribution >= 0.6 is 0 Å². The summed E-state index contributed by atoms with van der Waals surface area (Å²) in [5, 5.41) is 0. The van der Waals surface area contributed by atoms with Gasteiger partial charge in [0.1, 0.15) is 0 Å². The molecule has 6 nitrogen and oxygen atoms in total. The number of anilines is 2. The zero-order chi connectivity index (χ0) is 21.8. The van der Waals surface area contributed by atoms with Gasteiger partial charge in [-0.2, -0.15) is 0 Å². The van der Waals surface area contributed by atoms with E-state index in [1.165, 1.54) is 0 Å². The Morgan fingerprint density at radius 1 is 0.935 bits per heavy atom. The van der Waals surface area contributed by atoms with Crippen LogP contribution in [0.25, 0.3) is 0 Å². The Morgan fingerprint density at radius 2 is 1.61 bits per heavy atom. The highest BCUT2D eigenvalue weighted by atomic mass is 32.2. The summed E-state index contributed by atoms with van der Waals surface area (Å²) in [6.45, 7) is 5.61. The largest absolute Gasteiger partial charge is 0.371 e. The summed E-state index contributed by atoms with van der Waals surface area (Å²) >= 11 is 0. The van der Waals surface area contributed by atoms with Crippen LogP contribution < -0.4 is 9.62 Å². The van der Waals surface area contributed by atoms with Crippen molar-refractivity contribution in [2.24, 2.45) is 5.92 Å². The number of hydrogen-bond donors (Lipinski definition) is 1. The molecule has 2 aliphatic rings. The Bertz CT molecular complexity index is 1010.